The van der Waals surface area contributed by atoms with Crippen LogP contribution in [0.2, 0.25) is 0 Å². The van der Waals surface area contributed by atoms with Gasteiger partial charge in [0.05, 0.1) is 34.8 Å². The van der Waals surface area contributed by atoms with Crippen molar-refractivity contribution in [2.45, 2.75) is 43.8 Å². The molecule has 0 aliphatic carbocycles. The van der Waals surface area contributed by atoms with Crippen molar-refractivity contribution in [1.29, 1.82) is 0 Å². The summed E-state index contributed by atoms with van der Waals surface area (Å²) < 4.78 is 47.2. The molecule has 10 heteroatoms. The van der Waals surface area contributed by atoms with E-state index in [2.05, 4.69) is 4.98 Å². The zero-order valence-electron chi connectivity index (χ0n) is 15.9. The number of hydrogen-bond acceptors (Lipinski definition) is 6. The highest BCUT2D eigenvalue weighted by molar-refractivity contribution is 7.13. The summed E-state index contributed by atoms with van der Waals surface area (Å²) in [4.78, 5) is 31.1. The first-order chi connectivity index (χ1) is 14.0. The fourth-order valence-electron chi connectivity index (χ4n) is 5.22. The van der Waals surface area contributed by atoms with E-state index in [9.17, 15) is 27.9 Å². The van der Waals surface area contributed by atoms with Gasteiger partial charge in [-0.25, -0.2) is 9.88 Å². The largest absolute Gasteiger partial charge is 0.417 e. The van der Waals surface area contributed by atoms with Crippen molar-refractivity contribution in [2.24, 2.45) is 11.8 Å². The standard InChI is InChI=1S/C20H17F3N2O4S/c1-18-8-12(26)19(2,29-18)14-13(18)16(27)25(17(14)28)9-3-4-10(15-24-5-6-30-15)11(7-9)20(21,22)23/h3-7,12-14,26H,8H2,1-2H3. The van der Waals surface area contributed by atoms with Gasteiger partial charge in [0.1, 0.15) is 10.6 Å². The molecule has 3 aliphatic rings. The number of carbonyl (C=O) groups is 2. The number of rotatable bonds is 2. The predicted molar refractivity (Wildman–Crippen MR) is 101 cm³/mol. The van der Waals surface area contributed by atoms with Crippen LogP contribution in [0.1, 0.15) is 25.8 Å². The van der Waals surface area contributed by atoms with Gasteiger partial charge in [0.2, 0.25) is 11.8 Å². The number of aliphatic hydroxyl groups is 1. The van der Waals surface area contributed by atoms with E-state index >= 15 is 0 Å². The number of benzene rings is 1. The molecular formula is C20H17F3N2O4S. The molecule has 0 radical (unpaired) electrons. The van der Waals surface area contributed by atoms with E-state index in [-0.39, 0.29) is 22.7 Å². The van der Waals surface area contributed by atoms with Crippen LogP contribution in [0.15, 0.2) is 29.8 Å². The van der Waals surface area contributed by atoms with Crippen molar-refractivity contribution in [3.05, 3.63) is 35.3 Å². The number of imide groups is 1. The Morgan fingerprint density at radius 1 is 1.23 bits per heavy atom. The molecule has 0 spiro atoms. The van der Waals surface area contributed by atoms with Crippen LogP contribution in [0.25, 0.3) is 10.6 Å². The van der Waals surface area contributed by atoms with Gasteiger partial charge in [0.15, 0.2) is 0 Å². The number of carbonyl (C=O) groups excluding carboxylic acids is 2. The van der Waals surface area contributed by atoms with E-state index in [0.717, 1.165) is 22.3 Å². The number of thiazole rings is 1. The van der Waals surface area contributed by atoms with Gasteiger partial charge in [-0.15, -0.1) is 11.3 Å². The van der Waals surface area contributed by atoms with E-state index in [1.54, 1.807) is 19.2 Å². The number of hydrogen-bond donors (Lipinski definition) is 1. The van der Waals surface area contributed by atoms with Crippen LogP contribution in [0.5, 0.6) is 0 Å². The minimum Gasteiger partial charge on any atom is -0.390 e. The molecule has 3 fully saturated rings. The molecule has 2 amide bonds. The van der Waals surface area contributed by atoms with Crippen LogP contribution in [0.3, 0.4) is 0 Å². The Hall–Kier alpha value is -2.30. The molecule has 158 valence electrons. The topological polar surface area (TPSA) is 79.7 Å². The van der Waals surface area contributed by atoms with Crippen molar-refractivity contribution in [2.75, 3.05) is 4.90 Å². The molecule has 1 aromatic heterocycles. The summed E-state index contributed by atoms with van der Waals surface area (Å²) in [6.45, 7) is 3.24. The minimum atomic E-state index is -4.70. The first-order valence-corrected chi connectivity index (χ1v) is 10.2. The fraction of sp³-hybridized carbons (Fsp3) is 0.450. The van der Waals surface area contributed by atoms with Gasteiger partial charge in [-0.2, -0.15) is 13.2 Å². The Morgan fingerprint density at radius 3 is 2.57 bits per heavy atom. The highest BCUT2D eigenvalue weighted by Gasteiger charge is 2.75. The maximum absolute atomic E-state index is 13.8. The van der Waals surface area contributed by atoms with Crippen LogP contribution in [-0.2, 0) is 20.5 Å². The zero-order chi connectivity index (χ0) is 21.6. The second-order valence-electron chi connectivity index (χ2n) is 8.35. The lowest BCUT2D eigenvalue weighted by atomic mass is 9.67. The van der Waals surface area contributed by atoms with E-state index in [1.807, 2.05) is 0 Å². The lowest BCUT2D eigenvalue weighted by Crippen LogP contribution is -2.49. The number of anilines is 1. The van der Waals surface area contributed by atoms with Crippen LogP contribution < -0.4 is 4.90 Å². The van der Waals surface area contributed by atoms with Gasteiger partial charge in [-0.3, -0.25) is 9.59 Å². The molecule has 1 N–H and O–H groups in total. The van der Waals surface area contributed by atoms with E-state index in [4.69, 9.17) is 4.74 Å². The molecule has 6 nitrogen and oxygen atoms in total. The van der Waals surface area contributed by atoms with Gasteiger partial charge in [0, 0.05) is 23.6 Å². The zero-order valence-corrected chi connectivity index (χ0v) is 16.8. The summed E-state index contributed by atoms with van der Waals surface area (Å²) in [7, 11) is 0. The summed E-state index contributed by atoms with van der Waals surface area (Å²) >= 11 is 1.06. The first kappa shape index (κ1) is 19.7. The highest BCUT2D eigenvalue weighted by atomic mass is 32.1. The lowest BCUT2D eigenvalue weighted by molar-refractivity contribution is -0.137. The number of halogens is 3. The molecule has 2 aromatic rings. The van der Waals surface area contributed by atoms with Crippen molar-refractivity contribution in [3.63, 3.8) is 0 Å². The van der Waals surface area contributed by atoms with Gasteiger partial charge in [0.25, 0.3) is 0 Å². The number of aliphatic hydroxyl groups excluding tert-OH is 1. The third-order valence-electron chi connectivity index (χ3n) is 6.52. The normalized spacial score (nSPS) is 35.4. The molecule has 5 unspecified atom stereocenters. The number of alkyl halides is 3. The third-order valence-corrected chi connectivity index (χ3v) is 7.33. The van der Waals surface area contributed by atoms with Crippen LogP contribution in [-0.4, -0.2) is 39.2 Å². The van der Waals surface area contributed by atoms with Gasteiger partial charge >= 0.3 is 6.18 Å². The van der Waals surface area contributed by atoms with E-state index in [0.29, 0.717) is 0 Å². The Morgan fingerprint density at radius 2 is 1.93 bits per heavy atom. The summed E-state index contributed by atoms with van der Waals surface area (Å²) in [5.41, 5.74) is -3.50. The number of ether oxygens (including phenoxy) is 1. The molecule has 4 heterocycles. The van der Waals surface area contributed by atoms with Crippen molar-refractivity contribution in [3.8, 4) is 10.6 Å². The Kier molecular flexibility index (Phi) is 3.86. The molecule has 2 bridgehead atoms. The molecule has 3 saturated heterocycles. The maximum Gasteiger partial charge on any atom is 0.417 e. The highest BCUT2D eigenvalue weighted by Crippen LogP contribution is 2.61. The fourth-order valence-corrected chi connectivity index (χ4v) is 5.90. The second-order valence-corrected chi connectivity index (χ2v) is 9.25. The van der Waals surface area contributed by atoms with E-state index in [1.165, 1.54) is 18.3 Å². The molecule has 1 aromatic carbocycles. The summed E-state index contributed by atoms with van der Waals surface area (Å²) in [5, 5.41) is 12.1. The smallest absolute Gasteiger partial charge is 0.390 e. The third kappa shape index (κ3) is 2.41. The average Bonchev–Trinajstić information content (AvgIpc) is 3.36. The van der Waals surface area contributed by atoms with Crippen LogP contribution in [0, 0.1) is 11.8 Å². The van der Waals surface area contributed by atoms with Crippen LogP contribution >= 0.6 is 11.3 Å². The molecule has 0 saturated carbocycles. The van der Waals surface area contributed by atoms with Crippen molar-refractivity contribution in [1.82, 2.24) is 4.98 Å². The maximum atomic E-state index is 13.8. The van der Waals surface area contributed by atoms with Crippen molar-refractivity contribution < 1.29 is 32.6 Å². The summed E-state index contributed by atoms with van der Waals surface area (Å²) in [6.07, 6.45) is -4.03. The average molecular weight is 438 g/mol. The Labute approximate surface area is 173 Å². The molecular weight excluding hydrogens is 421 g/mol. The van der Waals surface area contributed by atoms with Crippen LogP contribution in [0.4, 0.5) is 18.9 Å². The van der Waals surface area contributed by atoms with Gasteiger partial charge < -0.3 is 9.84 Å². The number of fused-ring (bicyclic) bond motifs is 5. The molecule has 5 atom stereocenters. The van der Waals surface area contributed by atoms with Gasteiger partial charge in [-0.1, -0.05) is 0 Å². The second kappa shape index (κ2) is 5.89. The summed E-state index contributed by atoms with van der Waals surface area (Å²) in [5.74, 6) is -3.03. The monoisotopic (exact) mass is 438 g/mol. The number of amides is 2. The number of nitrogens with zero attached hydrogens (tertiary/aromatic N) is 2. The van der Waals surface area contributed by atoms with Crippen molar-refractivity contribution >= 4 is 28.8 Å². The SMILES string of the molecule is CC12CC(O)C(C)(O1)C1C(=O)N(c3ccc(-c4nccs4)c(C(F)(F)F)c3)C(=O)C12. The van der Waals surface area contributed by atoms with E-state index < -0.39 is 52.7 Å². The quantitative estimate of drug-likeness (QED) is 0.729. The summed E-state index contributed by atoms with van der Waals surface area (Å²) in [6, 6.07) is 3.37. The molecule has 5 rings (SSSR count). The molecule has 30 heavy (non-hydrogen) atoms. The lowest BCUT2D eigenvalue weighted by Gasteiger charge is -2.31. The Balaban J connectivity index is 1.61. The van der Waals surface area contributed by atoms with Gasteiger partial charge in [-0.05, 0) is 32.0 Å². The minimum absolute atomic E-state index is 0.113. The first-order valence-electron chi connectivity index (χ1n) is 9.34. The molecule has 3 aliphatic heterocycles. The predicted octanol–water partition coefficient (Wildman–Crippen LogP) is 3.25. The Bertz CT molecular complexity index is 1070. The number of aromatic nitrogens is 1.